The van der Waals surface area contributed by atoms with Crippen molar-refractivity contribution in [2.45, 2.75) is 103 Å². The first-order valence-corrected chi connectivity index (χ1v) is 11.1. The van der Waals surface area contributed by atoms with Gasteiger partial charge in [-0.05, 0) is 68.1 Å². The Bertz CT molecular complexity index is 359. The second-order valence-corrected chi connectivity index (χ2v) is 12.7. The van der Waals surface area contributed by atoms with E-state index < -0.39 is 5.60 Å². The van der Waals surface area contributed by atoms with E-state index in [0.29, 0.717) is 16.4 Å². The Balaban J connectivity index is 3.08. The van der Waals surface area contributed by atoms with E-state index >= 15 is 0 Å². The molecule has 1 fully saturated rings. The zero-order chi connectivity index (χ0) is 18.1. The Morgan fingerprint density at radius 1 is 0.870 bits per heavy atom. The number of aliphatic hydroxyl groups is 1. The molecule has 0 heterocycles. The summed E-state index contributed by atoms with van der Waals surface area (Å²) in [6, 6.07) is 0. The Kier molecular flexibility index (Phi) is 6.89. The third-order valence-electron chi connectivity index (χ3n) is 5.71. The van der Waals surface area contributed by atoms with E-state index in [4.69, 9.17) is 0 Å². The van der Waals surface area contributed by atoms with Gasteiger partial charge >= 0.3 is 0 Å². The van der Waals surface area contributed by atoms with Crippen LogP contribution in [0.2, 0.25) is 5.31 Å². The molecule has 23 heavy (non-hydrogen) atoms. The van der Waals surface area contributed by atoms with Crippen molar-refractivity contribution in [3.05, 3.63) is 0 Å². The minimum absolute atomic E-state index is 0.196. The number of rotatable bonds is 1. The molecule has 6 unspecified atom stereocenters. The summed E-state index contributed by atoms with van der Waals surface area (Å²) in [5.74, 6) is 1.38. The summed E-state index contributed by atoms with van der Waals surface area (Å²) in [5.41, 5.74) is -0.344. The van der Waals surface area contributed by atoms with Gasteiger partial charge in [-0.15, -0.1) is 8.58 Å². The average Bonchev–Trinajstić information content (AvgIpc) is 2.20. The van der Waals surface area contributed by atoms with Gasteiger partial charge < -0.3 is 5.11 Å². The van der Waals surface area contributed by atoms with Gasteiger partial charge in [0.25, 0.3) is 0 Å². The molecule has 0 aromatic rings. The summed E-state index contributed by atoms with van der Waals surface area (Å²) in [5, 5.41) is 11.8. The monoisotopic (exact) mass is 340 g/mol. The molecular formula is C20H42BOP. The minimum atomic E-state index is -0.540. The van der Waals surface area contributed by atoms with E-state index in [2.05, 4.69) is 63.0 Å². The van der Waals surface area contributed by atoms with Gasteiger partial charge in [0.15, 0.2) is 0 Å². The van der Waals surface area contributed by atoms with Crippen molar-refractivity contribution in [3.8, 4) is 0 Å². The maximum atomic E-state index is 11.0. The van der Waals surface area contributed by atoms with Crippen LogP contribution in [0.4, 0.5) is 0 Å². The molecule has 0 amide bonds. The summed E-state index contributed by atoms with van der Waals surface area (Å²) in [6.07, 6.45) is 6.92. The molecule has 136 valence electrons. The summed E-state index contributed by atoms with van der Waals surface area (Å²) in [7, 11) is 3.42. The zero-order valence-electron chi connectivity index (χ0n) is 17.3. The predicted octanol–water partition coefficient (Wildman–Crippen LogP) is 5.27. The molecule has 1 aliphatic rings. The van der Waals surface area contributed by atoms with Crippen molar-refractivity contribution >= 4 is 16.4 Å². The van der Waals surface area contributed by atoms with Crippen LogP contribution < -0.4 is 0 Å². The number of hydrogen-bond acceptors (Lipinski definition) is 1. The topological polar surface area (TPSA) is 20.2 Å². The van der Waals surface area contributed by atoms with Gasteiger partial charge in [-0.3, -0.25) is 0 Å². The normalized spacial score (nSPS) is 47.2. The molecule has 0 bridgehead atoms. The Morgan fingerprint density at radius 2 is 1.35 bits per heavy atom. The van der Waals surface area contributed by atoms with Gasteiger partial charge in [0.1, 0.15) is 7.85 Å². The van der Waals surface area contributed by atoms with Crippen molar-refractivity contribution in [1.82, 2.24) is 0 Å². The minimum Gasteiger partial charge on any atom is -0.390 e. The first-order chi connectivity index (χ1) is 10.2. The Hall–Kier alpha value is 0.455. The van der Waals surface area contributed by atoms with Crippen molar-refractivity contribution in [3.63, 3.8) is 0 Å². The van der Waals surface area contributed by atoms with Crippen LogP contribution in [0.25, 0.3) is 0 Å². The second-order valence-electron chi connectivity index (χ2n) is 11.0. The van der Waals surface area contributed by atoms with Gasteiger partial charge in [-0.2, -0.15) is 0 Å². The Labute approximate surface area is 149 Å². The van der Waals surface area contributed by atoms with Gasteiger partial charge in [0.05, 0.1) is 5.60 Å². The summed E-state index contributed by atoms with van der Waals surface area (Å²) >= 11 is 0. The second kappa shape index (κ2) is 7.37. The molecule has 0 aromatic heterocycles. The van der Waals surface area contributed by atoms with Crippen molar-refractivity contribution in [1.29, 1.82) is 0 Å². The van der Waals surface area contributed by atoms with E-state index in [1.165, 1.54) is 25.7 Å². The average molecular weight is 340 g/mol. The largest absolute Gasteiger partial charge is 0.390 e. The summed E-state index contributed by atoms with van der Waals surface area (Å²) < 4.78 is 0. The molecule has 6 atom stereocenters. The summed E-state index contributed by atoms with van der Waals surface area (Å²) in [6.45, 7) is 18.9. The third-order valence-corrected chi connectivity index (χ3v) is 7.32. The first kappa shape index (κ1) is 21.5. The molecule has 0 radical (unpaired) electrons. The lowest BCUT2D eigenvalue weighted by Gasteiger charge is -2.44. The van der Waals surface area contributed by atoms with E-state index in [1.807, 2.05) is 0 Å². The molecule has 3 heteroatoms. The van der Waals surface area contributed by atoms with Gasteiger partial charge in [0, 0.05) is 0 Å². The molecule has 1 aliphatic carbocycles. The third kappa shape index (κ3) is 7.47. The van der Waals surface area contributed by atoms with Crippen LogP contribution in [0.5, 0.6) is 0 Å². The molecular weight excluding hydrogens is 298 g/mol. The SMILES string of the molecule is BC1(C)CC(C)CC(C)(PC)CC(C)CC(C)(O)CC(C)(C)C1. The molecule has 0 spiro atoms. The number of hydrogen-bond donors (Lipinski definition) is 1. The van der Waals surface area contributed by atoms with E-state index in [1.54, 1.807) is 0 Å². The van der Waals surface area contributed by atoms with Crippen LogP contribution in [0.15, 0.2) is 0 Å². The fourth-order valence-corrected chi connectivity index (χ4v) is 7.30. The molecule has 1 rings (SSSR count). The van der Waals surface area contributed by atoms with Gasteiger partial charge in [-0.1, -0.05) is 53.3 Å². The summed E-state index contributed by atoms with van der Waals surface area (Å²) in [4.78, 5) is 0. The van der Waals surface area contributed by atoms with Crippen LogP contribution in [-0.4, -0.2) is 30.4 Å². The molecule has 1 saturated carbocycles. The lowest BCUT2D eigenvalue weighted by Crippen LogP contribution is -2.37. The molecule has 0 aromatic carbocycles. The van der Waals surface area contributed by atoms with Crippen LogP contribution in [-0.2, 0) is 0 Å². The first-order valence-electron chi connectivity index (χ1n) is 9.59. The lowest BCUT2D eigenvalue weighted by molar-refractivity contribution is -0.0127. The molecule has 0 aliphatic heterocycles. The van der Waals surface area contributed by atoms with Gasteiger partial charge in [0.2, 0.25) is 0 Å². The fourth-order valence-electron chi connectivity index (χ4n) is 6.20. The highest BCUT2D eigenvalue weighted by atomic mass is 31.1. The highest BCUT2D eigenvalue weighted by molar-refractivity contribution is 7.39. The van der Waals surface area contributed by atoms with Crippen molar-refractivity contribution < 1.29 is 5.11 Å². The van der Waals surface area contributed by atoms with Gasteiger partial charge in [-0.25, -0.2) is 0 Å². The standard InChI is InChI=1S/C20H42BOP/c1-15-9-18(5,21)13-17(3,4)14-19(6,22)10-16(2)12-20(7,11-15)23-8/h15-16,22-23H,9-14,21H2,1-8H3. The Morgan fingerprint density at radius 3 is 1.83 bits per heavy atom. The van der Waals surface area contributed by atoms with Crippen LogP contribution >= 0.6 is 8.58 Å². The lowest BCUT2D eigenvalue weighted by atomic mass is 9.56. The fraction of sp³-hybridized carbons (Fsp3) is 1.00. The molecule has 0 saturated heterocycles. The maximum Gasteiger partial charge on any atom is 0.109 e. The van der Waals surface area contributed by atoms with E-state index in [9.17, 15) is 5.11 Å². The zero-order valence-corrected chi connectivity index (χ0v) is 18.3. The van der Waals surface area contributed by atoms with Crippen molar-refractivity contribution in [2.24, 2.45) is 17.3 Å². The highest BCUT2D eigenvalue weighted by Gasteiger charge is 2.39. The van der Waals surface area contributed by atoms with E-state index in [0.717, 1.165) is 27.3 Å². The van der Waals surface area contributed by atoms with Crippen LogP contribution in [0.3, 0.4) is 0 Å². The smallest absolute Gasteiger partial charge is 0.109 e. The van der Waals surface area contributed by atoms with Crippen LogP contribution in [0, 0.1) is 17.3 Å². The highest BCUT2D eigenvalue weighted by Crippen LogP contribution is 2.50. The quantitative estimate of drug-likeness (QED) is 0.509. The molecule has 1 nitrogen and oxygen atoms in total. The predicted molar refractivity (Wildman–Crippen MR) is 110 cm³/mol. The maximum absolute atomic E-state index is 11.0. The van der Waals surface area contributed by atoms with Crippen molar-refractivity contribution in [2.75, 3.05) is 6.66 Å². The van der Waals surface area contributed by atoms with Crippen LogP contribution in [0.1, 0.15) is 87.0 Å². The van der Waals surface area contributed by atoms with E-state index in [-0.39, 0.29) is 5.41 Å². The molecule has 1 N–H and O–H groups in total.